The highest BCUT2D eigenvalue weighted by atomic mass is 16.4. The van der Waals surface area contributed by atoms with Gasteiger partial charge < -0.3 is 14.4 Å². The van der Waals surface area contributed by atoms with Crippen molar-refractivity contribution in [3.8, 4) is 0 Å². The Morgan fingerprint density at radius 2 is 2.11 bits per heavy atom. The van der Waals surface area contributed by atoms with Crippen molar-refractivity contribution in [3.05, 3.63) is 24.2 Å². The summed E-state index contributed by atoms with van der Waals surface area (Å²) in [4.78, 5) is 26.2. The minimum atomic E-state index is -0.833. The fourth-order valence-corrected chi connectivity index (χ4v) is 2.08. The second-order valence-electron chi connectivity index (χ2n) is 4.29. The number of aliphatic carboxylic acids is 1. The van der Waals surface area contributed by atoms with Crippen LogP contribution in [0.1, 0.15) is 17.0 Å². The van der Waals surface area contributed by atoms with Crippen LogP contribution in [0.5, 0.6) is 0 Å². The molecule has 1 aliphatic heterocycles. The molecule has 1 aliphatic rings. The van der Waals surface area contributed by atoms with Crippen molar-refractivity contribution in [2.24, 2.45) is 0 Å². The zero-order valence-electron chi connectivity index (χ0n) is 10.0. The molecule has 1 fully saturated rings. The lowest BCUT2D eigenvalue weighted by atomic mass is 10.3. The topological polar surface area (TPSA) is 74.0 Å². The van der Waals surface area contributed by atoms with E-state index in [0.717, 1.165) is 6.42 Å². The van der Waals surface area contributed by atoms with E-state index in [2.05, 4.69) is 0 Å². The number of carbonyl (C=O) groups is 2. The lowest BCUT2D eigenvalue weighted by molar-refractivity contribution is -0.138. The first kappa shape index (κ1) is 12.6. The molecule has 6 heteroatoms. The zero-order valence-corrected chi connectivity index (χ0v) is 10.0. The van der Waals surface area contributed by atoms with Crippen LogP contribution in [0, 0.1) is 0 Å². The second-order valence-corrected chi connectivity index (χ2v) is 4.29. The molecule has 98 valence electrons. The van der Waals surface area contributed by atoms with E-state index in [4.69, 9.17) is 9.52 Å². The van der Waals surface area contributed by atoms with Gasteiger partial charge in [0.1, 0.15) is 0 Å². The number of carbonyl (C=O) groups excluding carboxylic acids is 1. The van der Waals surface area contributed by atoms with Crippen molar-refractivity contribution in [1.29, 1.82) is 0 Å². The molecule has 1 N–H and O–H groups in total. The fourth-order valence-electron chi connectivity index (χ4n) is 2.08. The first-order valence-corrected chi connectivity index (χ1v) is 5.94. The van der Waals surface area contributed by atoms with E-state index in [1.54, 1.807) is 17.0 Å². The Bertz CT molecular complexity index is 416. The molecule has 6 nitrogen and oxygen atoms in total. The Kier molecular flexibility index (Phi) is 3.99. The molecule has 1 aromatic rings. The Morgan fingerprint density at radius 3 is 2.78 bits per heavy atom. The van der Waals surface area contributed by atoms with Crippen molar-refractivity contribution in [2.45, 2.75) is 6.42 Å². The molecular formula is C12H16N2O4. The molecule has 0 saturated carbocycles. The summed E-state index contributed by atoms with van der Waals surface area (Å²) in [6.07, 6.45) is 2.25. The SMILES string of the molecule is O=C(O)CN1CCCN(C(=O)c2ccco2)CC1. The summed E-state index contributed by atoms with van der Waals surface area (Å²) in [7, 11) is 0. The van der Waals surface area contributed by atoms with Gasteiger partial charge in [-0.2, -0.15) is 0 Å². The standard InChI is InChI=1S/C12H16N2O4/c15-11(16)9-13-4-2-5-14(7-6-13)12(17)10-3-1-8-18-10/h1,3,8H,2,4-7,9H2,(H,15,16). The van der Waals surface area contributed by atoms with E-state index in [-0.39, 0.29) is 12.5 Å². The summed E-state index contributed by atoms with van der Waals surface area (Å²) in [5.74, 6) is -0.625. The lowest BCUT2D eigenvalue weighted by Gasteiger charge is -2.20. The molecular weight excluding hydrogens is 236 g/mol. The average molecular weight is 252 g/mol. The number of carboxylic acid groups (broad SMARTS) is 1. The number of amides is 1. The van der Waals surface area contributed by atoms with Gasteiger partial charge in [0.25, 0.3) is 5.91 Å². The molecule has 2 rings (SSSR count). The van der Waals surface area contributed by atoms with Crippen LogP contribution in [-0.4, -0.2) is 59.5 Å². The number of hydrogen-bond acceptors (Lipinski definition) is 4. The van der Waals surface area contributed by atoms with Crippen molar-refractivity contribution in [2.75, 3.05) is 32.7 Å². The number of hydrogen-bond donors (Lipinski definition) is 1. The Balaban J connectivity index is 1.93. The average Bonchev–Trinajstić information content (AvgIpc) is 2.76. The first-order valence-electron chi connectivity index (χ1n) is 5.94. The molecule has 0 radical (unpaired) electrons. The molecule has 1 aromatic heterocycles. The predicted octanol–water partition coefficient (Wildman–Crippen LogP) is 0.512. The largest absolute Gasteiger partial charge is 0.480 e. The number of carboxylic acids is 1. The van der Waals surface area contributed by atoms with Crippen LogP contribution < -0.4 is 0 Å². The third kappa shape index (κ3) is 3.10. The maximum absolute atomic E-state index is 12.0. The van der Waals surface area contributed by atoms with Crippen LogP contribution in [0.2, 0.25) is 0 Å². The monoisotopic (exact) mass is 252 g/mol. The van der Waals surface area contributed by atoms with Gasteiger partial charge in [-0.1, -0.05) is 0 Å². The molecule has 0 spiro atoms. The fraction of sp³-hybridized carbons (Fsp3) is 0.500. The highest BCUT2D eigenvalue weighted by Crippen LogP contribution is 2.09. The normalized spacial score (nSPS) is 17.4. The highest BCUT2D eigenvalue weighted by molar-refractivity contribution is 5.91. The van der Waals surface area contributed by atoms with Gasteiger partial charge in [-0.15, -0.1) is 0 Å². The van der Waals surface area contributed by atoms with Gasteiger partial charge in [0.05, 0.1) is 12.8 Å². The number of furan rings is 1. The summed E-state index contributed by atoms with van der Waals surface area (Å²) in [5, 5.41) is 8.75. The van der Waals surface area contributed by atoms with Gasteiger partial charge in [-0.05, 0) is 18.6 Å². The van der Waals surface area contributed by atoms with E-state index >= 15 is 0 Å². The van der Waals surface area contributed by atoms with Crippen LogP contribution in [0.4, 0.5) is 0 Å². The Morgan fingerprint density at radius 1 is 1.28 bits per heavy atom. The summed E-state index contributed by atoms with van der Waals surface area (Å²) in [6.45, 7) is 2.48. The van der Waals surface area contributed by atoms with E-state index < -0.39 is 5.97 Å². The quantitative estimate of drug-likeness (QED) is 0.848. The van der Waals surface area contributed by atoms with E-state index in [0.29, 0.717) is 31.9 Å². The number of nitrogens with zero attached hydrogens (tertiary/aromatic N) is 2. The van der Waals surface area contributed by atoms with E-state index in [1.165, 1.54) is 6.26 Å². The van der Waals surface area contributed by atoms with Gasteiger partial charge in [-0.25, -0.2) is 0 Å². The second kappa shape index (κ2) is 5.68. The van der Waals surface area contributed by atoms with E-state index in [9.17, 15) is 9.59 Å². The van der Waals surface area contributed by atoms with Gasteiger partial charge in [0.15, 0.2) is 5.76 Å². The van der Waals surface area contributed by atoms with Gasteiger partial charge in [-0.3, -0.25) is 14.5 Å². The lowest BCUT2D eigenvalue weighted by Crippen LogP contribution is -2.36. The predicted molar refractivity (Wildman–Crippen MR) is 63.3 cm³/mol. The van der Waals surface area contributed by atoms with Crippen LogP contribution in [-0.2, 0) is 4.79 Å². The Labute approximate surface area is 105 Å². The molecule has 0 aromatic carbocycles. The molecule has 1 saturated heterocycles. The molecule has 0 aliphatic carbocycles. The van der Waals surface area contributed by atoms with Crippen LogP contribution >= 0.6 is 0 Å². The third-order valence-corrected chi connectivity index (χ3v) is 2.97. The van der Waals surface area contributed by atoms with Crippen molar-refractivity contribution < 1.29 is 19.1 Å². The van der Waals surface area contributed by atoms with E-state index in [1.807, 2.05) is 4.90 Å². The van der Waals surface area contributed by atoms with Crippen LogP contribution in [0.3, 0.4) is 0 Å². The molecule has 18 heavy (non-hydrogen) atoms. The summed E-state index contributed by atoms with van der Waals surface area (Å²) >= 11 is 0. The maximum Gasteiger partial charge on any atom is 0.317 e. The highest BCUT2D eigenvalue weighted by Gasteiger charge is 2.22. The van der Waals surface area contributed by atoms with Gasteiger partial charge in [0, 0.05) is 26.2 Å². The minimum absolute atomic E-state index is 0.0305. The summed E-state index contributed by atoms with van der Waals surface area (Å²) in [5.41, 5.74) is 0. The van der Waals surface area contributed by atoms with Gasteiger partial charge in [0.2, 0.25) is 0 Å². The van der Waals surface area contributed by atoms with Crippen LogP contribution in [0.25, 0.3) is 0 Å². The first-order chi connectivity index (χ1) is 8.66. The molecule has 2 heterocycles. The molecule has 0 atom stereocenters. The zero-order chi connectivity index (χ0) is 13.0. The number of rotatable bonds is 3. The van der Waals surface area contributed by atoms with Crippen LogP contribution in [0.15, 0.2) is 22.8 Å². The molecule has 1 amide bonds. The Hall–Kier alpha value is -1.82. The summed E-state index contributed by atoms with van der Waals surface area (Å²) < 4.78 is 5.08. The van der Waals surface area contributed by atoms with Crippen molar-refractivity contribution in [3.63, 3.8) is 0 Å². The summed E-state index contributed by atoms with van der Waals surface area (Å²) in [6, 6.07) is 3.32. The van der Waals surface area contributed by atoms with Gasteiger partial charge >= 0.3 is 5.97 Å². The minimum Gasteiger partial charge on any atom is -0.480 e. The smallest absolute Gasteiger partial charge is 0.317 e. The van der Waals surface area contributed by atoms with Crippen molar-refractivity contribution >= 4 is 11.9 Å². The third-order valence-electron chi connectivity index (χ3n) is 2.97. The van der Waals surface area contributed by atoms with Crippen molar-refractivity contribution in [1.82, 2.24) is 9.80 Å². The molecule has 0 bridgehead atoms. The maximum atomic E-state index is 12.0. The molecule has 0 unspecified atom stereocenters.